The highest BCUT2D eigenvalue weighted by molar-refractivity contribution is 14.1. The third-order valence-electron chi connectivity index (χ3n) is 3.78. The summed E-state index contributed by atoms with van der Waals surface area (Å²) in [6.45, 7) is 0.761. The van der Waals surface area contributed by atoms with E-state index in [0.29, 0.717) is 10.3 Å². The van der Waals surface area contributed by atoms with Crippen LogP contribution in [0.2, 0.25) is 10.3 Å². The van der Waals surface area contributed by atoms with E-state index in [1.54, 1.807) is 44.9 Å². The molecule has 0 unspecified atom stereocenters. The molecule has 0 spiro atoms. The number of halogens is 5. The summed E-state index contributed by atoms with van der Waals surface area (Å²) in [6, 6.07) is 7.65. The molecular formula is C17H10BrCl2I2N7S. The molecule has 0 saturated carbocycles. The molecule has 5 aromatic rings. The van der Waals surface area contributed by atoms with Crippen LogP contribution in [0.5, 0.6) is 0 Å². The summed E-state index contributed by atoms with van der Waals surface area (Å²) < 4.78 is 6.15. The summed E-state index contributed by atoms with van der Waals surface area (Å²) in [7, 11) is 0. The van der Waals surface area contributed by atoms with Gasteiger partial charge in [-0.25, -0.2) is 19.0 Å². The lowest BCUT2D eigenvalue weighted by atomic mass is 10.4. The smallest absolute Gasteiger partial charge is 0.178 e. The molecule has 30 heavy (non-hydrogen) atoms. The second-order valence-corrected chi connectivity index (χ2v) is 10.6. The van der Waals surface area contributed by atoms with Gasteiger partial charge in [-0.05, 0) is 78.6 Å². The zero-order valence-electron chi connectivity index (χ0n) is 14.7. The SMILES string of the molecule is Clc1cc(Br)c2ncc(I)n2n1.Clc1cc(NCc2cccs2)c2ncc(I)n2n1. The van der Waals surface area contributed by atoms with Gasteiger partial charge in [0.1, 0.15) is 7.40 Å². The highest BCUT2D eigenvalue weighted by Crippen LogP contribution is 2.23. The van der Waals surface area contributed by atoms with Crippen LogP contribution in [0.15, 0.2) is 46.5 Å². The van der Waals surface area contributed by atoms with Gasteiger partial charge in [-0.1, -0.05) is 29.3 Å². The molecule has 0 radical (unpaired) electrons. The molecule has 154 valence electrons. The molecule has 7 nitrogen and oxygen atoms in total. The predicted octanol–water partition coefficient (Wildman–Crippen LogP) is 6.41. The lowest BCUT2D eigenvalue weighted by Gasteiger charge is -2.07. The van der Waals surface area contributed by atoms with Gasteiger partial charge >= 0.3 is 0 Å². The van der Waals surface area contributed by atoms with E-state index >= 15 is 0 Å². The summed E-state index contributed by atoms with van der Waals surface area (Å²) in [5, 5.41) is 14.6. The van der Waals surface area contributed by atoms with Crippen molar-refractivity contribution in [2.75, 3.05) is 5.32 Å². The molecule has 1 N–H and O–H groups in total. The number of nitrogens with zero attached hydrogens (tertiary/aromatic N) is 6. The lowest BCUT2D eigenvalue weighted by Crippen LogP contribution is -2.03. The molecule has 5 aromatic heterocycles. The maximum absolute atomic E-state index is 6.01. The van der Waals surface area contributed by atoms with Gasteiger partial charge in [-0.3, -0.25) is 0 Å². The molecule has 5 rings (SSSR count). The molecule has 0 bridgehead atoms. The van der Waals surface area contributed by atoms with Crippen molar-refractivity contribution in [2.45, 2.75) is 6.54 Å². The number of rotatable bonds is 3. The highest BCUT2D eigenvalue weighted by atomic mass is 127. The fourth-order valence-electron chi connectivity index (χ4n) is 2.51. The summed E-state index contributed by atoms with van der Waals surface area (Å²) in [4.78, 5) is 9.75. The maximum Gasteiger partial charge on any atom is 0.178 e. The molecule has 0 aliphatic carbocycles. The van der Waals surface area contributed by atoms with Crippen LogP contribution in [0, 0.1) is 7.40 Å². The van der Waals surface area contributed by atoms with Crippen LogP contribution < -0.4 is 5.32 Å². The first-order valence-corrected chi connectivity index (χ1v) is 12.8. The van der Waals surface area contributed by atoms with Crippen molar-refractivity contribution in [3.8, 4) is 0 Å². The van der Waals surface area contributed by atoms with Crippen molar-refractivity contribution < 1.29 is 0 Å². The third kappa shape index (κ3) is 5.01. The molecule has 0 fully saturated rings. The second kappa shape index (κ2) is 9.81. The van der Waals surface area contributed by atoms with Gasteiger partial charge in [0.15, 0.2) is 21.6 Å². The molecule has 0 aliphatic rings. The molecule has 0 aromatic carbocycles. The highest BCUT2D eigenvalue weighted by Gasteiger charge is 2.09. The van der Waals surface area contributed by atoms with E-state index in [0.717, 1.165) is 35.4 Å². The van der Waals surface area contributed by atoms with Gasteiger partial charge in [0, 0.05) is 17.5 Å². The van der Waals surface area contributed by atoms with Crippen molar-refractivity contribution in [1.82, 2.24) is 29.2 Å². The fourth-order valence-corrected chi connectivity index (χ4v) is 5.10. The van der Waals surface area contributed by atoms with E-state index in [4.69, 9.17) is 23.2 Å². The van der Waals surface area contributed by atoms with E-state index in [2.05, 4.69) is 98.0 Å². The monoisotopic (exact) mass is 747 g/mol. The number of anilines is 1. The van der Waals surface area contributed by atoms with Crippen LogP contribution in [-0.4, -0.2) is 29.2 Å². The Labute approximate surface area is 220 Å². The normalized spacial score (nSPS) is 11.0. The number of nitrogens with one attached hydrogen (secondary N) is 1. The van der Waals surface area contributed by atoms with Gasteiger partial charge in [0.2, 0.25) is 0 Å². The quantitative estimate of drug-likeness (QED) is 0.216. The third-order valence-corrected chi connectivity index (χ3v) is 7.08. The second-order valence-electron chi connectivity index (χ2n) is 5.76. The zero-order chi connectivity index (χ0) is 21.3. The fraction of sp³-hybridized carbons (Fsp3) is 0.0588. The number of hydrogen-bond donors (Lipinski definition) is 1. The first-order valence-electron chi connectivity index (χ1n) is 8.23. The number of thiophene rings is 1. The largest absolute Gasteiger partial charge is 0.377 e. The average molecular weight is 749 g/mol. The van der Waals surface area contributed by atoms with Crippen LogP contribution in [-0.2, 0) is 6.54 Å². The number of hydrogen-bond acceptors (Lipinski definition) is 6. The molecule has 13 heteroatoms. The minimum Gasteiger partial charge on any atom is -0.377 e. The number of fused-ring (bicyclic) bond motifs is 2. The Hall–Kier alpha value is -0.740. The summed E-state index contributed by atoms with van der Waals surface area (Å²) >= 11 is 21.2. The van der Waals surface area contributed by atoms with Gasteiger partial charge in [0.25, 0.3) is 0 Å². The Bertz CT molecular complexity index is 1320. The Kier molecular flexibility index (Phi) is 7.34. The Morgan fingerprint density at radius 1 is 1.00 bits per heavy atom. The summed E-state index contributed by atoms with van der Waals surface area (Å²) in [5.74, 6) is 0. The molecule has 0 amide bonds. The van der Waals surface area contributed by atoms with E-state index in [-0.39, 0.29) is 0 Å². The topological polar surface area (TPSA) is 72.4 Å². The first-order chi connectivity index (χ1) is 14.4. The molecule has 0 atom stereocenters. The van der Waals surface area contributed by atoms with E-state index in [1.807, 2.05) is 6.07 Å². The standard InChI is InChI=1S/C11H8ClIN4S.C6H2BrClIN3/c12-9-4-8(14-5-7-2-1-3-18-7)11-15-6-10(13)17(11)16-9;7-3-1-4(8)11-12-5(9)2-10-6(3)12/h1-4,6,14H,5H2;1-2H. The zero-order valence-corrected chi connectivity index (χ0v) is 23.0. The van der Waals surface area contributed by atoms with Crippen LogP contribution >= 0.6 is 95.7 Å². The first kappa shape index (κ1) is 22.5. The average Bonchev–Trinajstić information content (AvgIpc) is 3.43. The molecule has 0 aliphatic heterocycles. The van der Waals surface area contributed by atoms with Crippen molar-refractivity contribution >= 4 is 113 Å². The van der Waals surface area contributed by atoms with Crippen LogP contribution in [0.3, 0.4) is 0 Å². The van der Waals surface area contributed by atoms with Gasteiger partial charge in [-0.15, -0.1) is 11.3 Å². The molecule has 0 saturated heterocycles. The number of imidazole rings is 2. The van der Waals surface area contributed by atoms with E-state index in [1.165, 1.54) is 4.88 Å². The van der Waals surface area contributed by atoms with Crippen LogP contribution in [0.25, 0.3) is 11.3 Å². The predicted molar refractivity (Wildman–Crippen MR) is 141 cm³/mol. The van der Waals surface area contributed by atoms with Crippen LogP contribution in [0.4, 0.5) is 5.69 Å². The van der Waals surface area contributed by atoms with Crippen LogP contribution in [0.1, 0.15) is 4.88 Å². The summed E-state index contributed by atoms with van der Waals surface area (Å²) in [5.41, 5.74) is 2.47. The lowest BCUT2D eigenvalue weighted by molar-refractivity contribution is 0.910. The van der Waals surface area contributed by atoms with Gasteiger partial charge in [-0.2, -0.15) is 10.2 Å². The Morgan fingerprint density at radius 2 is 1.63 bits per heavy atom. The molecule has 5 heterocycles. The Morgan fingerprint density at radius 3 is 2.30 bits per heavy atom. The van der Waals surface area contributed by atoms with Crippen molar-refractivity contribution in [3.05, 3.63) is 69.1 Å². The maximum atomic E-state index is 6.01. The van der Waals surface area contributed by atoms with Crippen molar-refractivity contribution in [3.63, 3.8) is 0 Å². The van der Waals surface area contributed by atoms with E-state index in [9.17, 15) is 0 Å². The van der Waals surface area contributed by atoms with Gasteiger partial charge < -0.3 is 5.32 Å². The minimum atomic E-state index is 0.449. The Balaban J connectivity index is 0.000000158. The minimum absolute atomic E-state index is 0.449. The van der Waals surface area contributed by atoms with Crippen molar-refractivity contribution in [1.29, 1.82) is 0 Å². The number of aromatic nitrogens is 6. The van der Waals surface area contributed by atoms with E-state index < -0.39 is 0 Å². The molecular weight excluding hydrogens is 739 g/mol. The summed E-state index contributed by atoms with van der Waals surface area (Å²) in [6.07, 6.45) is 3.51. The van der Waals surface area contributed by atoms with Gasteiger partial charge in [0.05, 0.1) is 22.6 Å². The van der Waals surface area contributed by atoms with Crippen molar-refractivity contribution in [2.24, 2.45) is 0 Å².